The number of aliphatic imine (C=N–C) groups is 1. The molecule has 0 amide bonds. The van der Waals surface area contributed by atoms with E-state index in [0.717, 1.165) is 11.3 Å². The lowest BCUT2D eigenvalue weighted by atomic mass is 10.0. The van der Waals surface area contributed by atoms with Gasteiger partial charge in [0.2, 0.25) is 0 Å². The zero-order valence-electron chi connectivity index (χ0n) is 17.3. The quantitative estimate of drug-likeness (QED) is 0.512. The molecular formula is C22H28ClFN4O2. The van der Waals surface area contributed by atoms with Gasteiger partial charge in [0.1, 0.15) is 5.82 Å². The molecule has 6 nitrogen and oxygen atoms in total. The summed E-state index contributed by atoms with van der Waals surface area (Å²) in [6.45, 7) is 4.62. The molecule has 0 aromatic heterocycles. The van der Waals surface area contributed by atoms with Crippen LogP contribution in [-0.4, -0.2) is 50.3 Å². The van der Waals surface area contributed by atoms with Gasteiger partial charge in [-0.25, -0.2) is 4.39 Å². The van der Waals surface area contributed by atoms with Crippen LogP contribution in [0.15, 0.2) is 47.5 Å². The van der Waals surface area contributed by atoms with Crippen LogP contribution < -0.4 is 11.1 Å². The number of halogens is 2. The zero-order valence-corrected chi connectivity index (χ0v) is 18.0. The molecule has 30 heavy (non-hydrogen) atoms. The van der Waals surface area contributed by atoms with E-state index < -0.39 is 0 Å². The van der Waals surface area contributed by atoms with Gasteiger partial charge in [-0.2, -0.15) is 0 Å². The second kappa shape index (κ2) is 10.7. The summed E-state index contributed by atoms with van der Waals surface area (Å²) in [5, 5.41) is 3.50. The predicted octanol–water partition coefficient (Wildman–Crippen LogP) is 3.81. The molecule has 0 spiro atoms. The maximum atomic E-state index is 14.7. The van der Waals surface area contributed by atoms with Crippen molar-refractivity contribution in [2.24, 2.45) is 10.7 Å². The molecule has 0 aliphatic carbocycles. The van der Waals surface area contributed by atoms with E-state index >= 15 is 0 Å². The molecule has 1 aliphatic rings. The van der Waals surface area contributed by atoms with Crippen molar-refractivity contribution in [3.05, 3.63) is 64.4 Å². The Morgan fingerprint density at radius 3 is 2.90 bits per heavy atom. The van der Waals surface area contributed by atoms with Gasteiger partial charge in [-0.15, -0.1) is 0 Å². The van der Waals surface area contributed by atoms with Gasteiger partial charge in [0, 0.05) is 42.0 Å². The highest BCUT2D eigenvalue weighted by molar-refractivity contribution is 6.31. The maximum Gasteiger partial charge on any atom is 0.193 e. The minimum Gasteiger partial charge on any atom is -0.380 e. The van der Waals surface area contributed by atoms with E-state index in [2.05, 4.69) is 15.2 Å². The van der Waals surface area contributed by atoms with Crippen molar-refractivity contribution in [2.75, 3.05) is 38.7 Å². The van der Waals surface area contributed by atoms with Crippen molar-refractivity contribution in [1.29, 1.82) is 0 Å². The van der Waals surface area contributed by atoms with Crippen LogP contribution in [0.5, 0.6) is 0 Å². The van der Waals surface area contributed by atoms with Crippen molar-refractivity contribution in [3.63, 3.8) is 0 Å². The number of hydrogen-bond donors (Lipinski definition) is 2. The molecule has 1 fully saturated rings. The average Bonchev–Trinajstić information content (AvgIpc) is 2.72. The van der Waals surface area contributed by atoms with Gasteiger partial charge in [0.25, 0.3) is 0 Å². The van der Waals surface area contributed by atoms with Crippen LogP contribution in [-0.2, 0) is 16.1 Å². The van der Waals surface area contributed by atoms with E-state index in [9.17, 15) is 4.39 Å². The van der Waals surface area contributed by atoms with E-state index in [-0.39, 0.29) is 30.5 Å². The fraction of sp³-hybridized carbons (Fsp3) is 0.409. The molecule has 3 N–H and O–H groups in total. The van der Waals surface area contributed by atoms with Crippen LogP contribution in [0.2, 0.25) is 5.02 Å². The first-order valence-corrected chi connectivity index (χ1v) is 10.3. The molecule has 2 unspecified atom stereocenters. The highest BCUT2D eigenvalue weighted by Crippen LogP contribution is 2.31. The second-order valence-electron chi connectivity index (χ2n) is 7.27. The molecule has 8 heteroatoms. The lowest BCUT2D eigenvalue weighted by molar-refractivity contribution is -0.0336. The van der Waals surface area contributed by atoms with Crippen molar-refractivity contribution < 1.29 is 13.9 Å². The summed E-state index contributed by atoms with van der Waals surface area (Å²) in [5.74, 6) is -0.101. The van der Waals surface area contributed by atoms with Crippen molar-refractivity contribution in [3.8, 4) is 0 Å². The number of nitrogens with zero attached hydrogens (tertiary/aromatic N) is 2. The topological polar surface area (TPSA) is 72.1 Å². The fourth-order valence-corrected chi connectivity index (χ4v) is 3.92. The Labute approximate surface area is 181 Å². The lowest BCUT2D eigenvalue weighted by Gasteiger charge is -2.37. The van der Waals surface area contributed by atoms with Gasteiger partial charge < -0.3 is 20.5 Å². The summed E-state index contributed by atoms with van der Waals surface area (Å²) in [5.41, 5.74) is 8.38. The Hall–Kier alpha value is -2.19. The van der Waals surface area contributed by atoms with Crippen LogP contribution in [0.1, 0.15) is 24.1 Å². The van der Waals surface area contributed by atoms with E-state index in [1.54, 1.807) is 19.2 Å². The van der Waals surface area contributed by atoms with E-state index in [0.29, 0.717) is 36.9 Å². The number of hydrogen-bond acceptors (Lipinski definition) is 4. The van der Waals surface area contributed by atoms with Gasteiger partial charge in [0.05, 0.1) is 31.9 Å². The van der Waals surface area contributed by atoms with Crippen LogP contribution in [0.3, 0.4) is 0 Å². The number of nitrogens with one attached hydrogen (secondary N) is 1. The number of para-hydroxylation sites is 1. The third-order valence-electron chi connectivity index (χ3n) is 5.06. The summed E-state index contributed by atoms with van der Waals surface area (Å²) in [4.78, 5) is 6.66. The average molecular weight is 435 g/mol. The summed E-state index contributed by atoms with van der Waals surface area (Å²) in [6, 6.07) is 12.1. The number of ether oxygens (including phenoxy) is 2. The number of nitrogens with two attached hydrogens (primary N) is 1. The molecule has 0 bridgehead atoms. The SMILES string of the molecule is COCc1ccccc1NC(N)=NCC(c1c(F)cccc1Cl)N1CCOC(C)C1. The van der Waals surface area contributed by atoms with Crippen molar-refractivity contribution in [1.82, 2.24) is 4.90 Å². The maximum absolute atomic E-state index is 14.7. The largest absolute Gasteiger partial charge is 0.380 e. The number of morpholine rings is 1. The number of rotatable bonds is 7. The third kappa shape index (κ3) is 5.70. The van der Waals surface area contributed by atoms with Gasteiger partial charge in [-0.3, -0.25) is 9.89 Å². The Morgan fingerprint density at radius 2 is 2.17 bits per heavy atom. The second-order valence-corrected chi connectivity index (χ2v) is 7.68. The Kier molecular flexibility index (Phi) is 8.04. The minimum absolute atomic E-state index is 0.0483. The molecule has 162 valence electrons. The normalized spacial score (nSPS) is 18.9. The molecule has 2 atom stereocenters. The monoisotopic (exact) mass is 434 g/mol. The highest BCUT2D eigenvalue weighted by atomic mass is 35.5. The van der Waals surface area contributed by atoms with Crippen LogP contribution >= 0.6 is 11.6 Å². The van der Waals surface area contributed by atoms with Gasteiger partial charge >= 0.3 is 0 Å². The van der Waals surface area contributed by atoms with Gasteiger partial charge in [0.15, 0.2) is 5.96 Å². The Balaban J connectivity index is 1.82. The molecule has 1 saturated heterocycles. The molecular weight excluding hydrogens is 407 g/mol. The van der Waals surface area contributed by atoms with Crippen molar-refractivity contribution in [2.45, 2.75) is 25.7 Å². The molecule has 0 radical (unpaired) electrons. The number of guanidine groups is 1. The summed E-state index contributed by atoms with van der Waals surface area (Å²) in [7, 11) is 1.64. The van der Waals surface area contributed by atoms with E-state index in [4.69, 9.17) is 26.8 Å². The number of anilines is 1. The van der Waals surface area contributed by atoms with Gasteiger partial charge in [-0.1, -0.05) is 35.9 Å². The molecule has 1 aliphatic heterocycles. The Morgan fingerprint density at radius 1 is 1.37 bits per heavy atom. The van der Waals surface area contributed by atoms with E-state index in [1.165, 1.54) is 6.07 Å². The molecule has 0 saturated carbocycles. The fourth-order valence-electron chi connectivity index (χ4n) is 3.63. The van der Waals surface area contributed by atoms with Crippen LogP contribution in [0.25, 0.3) is 0 Å². The minimum atomic E-state index is -0.348. The van der Waals surface area contributed by atoms with Gasteiger partial charge in [-0.05, 0) is 25.1 Å². The lowest BCUT2D eigenvalue weighted by Crippen LogP contribution is -2.44. The summed E-state index contributed by atoms with van der Waals surface area (Å²) < 4.78 is 25.6. The standard InChI is InChI=1S/C22H28ClFN4O2/c1-15-13-28(10-11-30-15)20(21-17(23)7-5-8-18(21)24)12-26-22(25)27-19-9-4-3-6-16(19)14-29-2/h3-9,15,20H,10-14H2,1-2H3,(H3,25,26,27). The van der Waals surface area contributed by atoms with Crippen LogP contribution in [0, 0.1) is 5.82 Å². The molecule has 2 aromatic carbocycles. The predicted molar refractivity (Wildman–Crippen MR) is 118 cm³/mol. The molecule has 1 heterocycles. The molecule has 2 aromatic rings. The first-order valence-electron chi connectivity index (χ1n) is 9.93. The highest BCUT2D eigenvalue weighted by Gasteiger charge is 2.29. The zero-order chi connectivity index (χ0) is 21.5. The summed E-state index contributed by atoms with van der Waals surface area (Å²) >= 11 is 6.37. The third-order valence-corrected chi connectivity index (χ3v) is 5.39. The van der Waals surface area contributed by atoms with Crippen LogP contribution in [0.4, 0.5) is 10.1 Å². The molecule has 3 rings (SSSR count). The Bertz CT molecular complexity index is 860. The summed E-state index contributed by atoms with van der Waals surface area (Å²) in [6.07, 6.45) is 0.0483. The smallest absolute Gasteiger partial charge is 0.193 e. The first kappa shape index (κ1) is 22.5. The number of methoxy groups -OCH3 is 1. The first-order chi connectivity index (χ1) is 14.5. The van der Waals surface area contributed by atoms with E-state index in [1.807, 2.05) is 31.2 Å². The van der Waals surface area contributed by atoms with Crippen molar-refractivity contribution >= 4 is 23.2 Å². The number of benzene rings is 2.